The van der Waals surface area contributed by atoms with E-state index in [1.165, 1.54) is 0 Å². The molecule has 0 atom stereocenters. The van der Waals surface area contributed by atoms with E-state index < -0.39 is 0 Å². The molecule has 0 aliphatic carbocycles. The Labute approximate surface area is 129 Å². The number of aryl methyl sites for hydroxylation is 2. The maximum absolute atomic E-state index is 12.1. The summed E-state index contributed by atoms with van der Waals surface area (Å²) in [4.78, 5) is 16.3. The van der Waals surface area contributed by atoms with Crippen molar-refractivity contribution in [3.05, 3.63) is 46.1 Å². The molecule has 0 saturated carbocycles. The highest BCUT2D eigenvalue weighted by molar-refractivity contribution is 9.10. The Morgan fingerprint density at radius 3 is 2.90 bits per heavy atom. The minimum Gasteiger partial charge on any atom is -0.346 e. The van der Waals surface area contributed by atoms with Crippen LogP contribution < -0.4 is 5.32 Å². The molecular formula is C13H13BrN6O. The Morgan fingerprint density at radius 2 is 2.19 bits per heavy atom. The largest absolute Gasteiger partial charge is 0.346 e. The lowest BCUT2D eigenvalue weighted by Crippen LogP contribution is -2.23. The molecule has 1 N–H and O–H groups in total. The zero-order valence-corrected chi connectivity index (χ0v) is 13.1. The van der Waals surface area contributed by atoms with Gasteiger partial charge in [-0.15, -0.1) is 0 Å². The van der Waals surface area contributed by atoms with Gasteiger partial charge in [0.05, 0.1) is 10.2 Å². The summed E-state index contributed by atoms with van der Waals surface area (Å²) >= 11 is 3.32. The van der Waals surface area contributed by atoms with Crippen LogP contribution in [0.4, 0.5) is 0 Å². The van der Waals surface area contributed by atoms with Crippen molar-refractivity contribution in [1.82, 2.24) is 29.7 Å². The van der Waals surface area contributed by atoms with Gasteiger partial charge in [-0.05, 0) is 22.9 Å². The lowest BCUT2D eigenvalue weighted by Gasteiger charge is -2.01. The van der Waals surface area contributed by atoms with Gasteiger partial charge < -0.3 is 5.32 Å². The SMILES string of the molecule is Cc1nn(C)cc1CNC(=O)c1cc2ncc(Br)cn2n1. The van der Waals surface area contributed by atoms with Crippen molar-refractivity contribution in [2.75, 3.05) is 0 Å². The smallest absolute Gasteiger partial charge is 0.272 e. The fourth-order valence-corrected chi connectivity index (χ4v) is 2.35. The third-order valence-electron chi connectivity index (χ3n) is 3.07. The summed E-state index contributed by atoms with van der Waals surface area (Å²) in [5.41, 5.74) is 2.84. The van der Waals surface area contributed by atoms with E-state index >= 15 is 0 Å². The maximum atomic E-state index is 12.1. The van der Waals surface area contributed by atoms with Crippen LogP contribution >= 0.6 is 15.9 Å². The van der Waals surface area contributed by atoms with Crippen molar-refractivity contribution < 1.29 is 4.79 Å². The van der Waals surface area contributed by atoms with Crippen LogP contribution in [-0.4, -0.2) is 30.3 Å². The fraction of sp³-hybridized carbons (Fsp3) is 0.231. The lowest BCUT2D eigenvalue weighted by molar-refractivity contribution is 0.0945. The maximum Gasteiger partial charge on any atom is 0.272 e. The van der Waals surface area contributed by atoms with Gasteiger partial charge in [0.2, 0.25) is 0 Å². The third kappa shape index (κ3) is 2.80. The minimum atomic E-state index is -0.236. The number of hydrogen-bond donors (Lipinski definition) is 1. The summed E-state index contributed by atoms with van der Waals surface area (Å²) in [6.07, 6.45) is 5.31. The number of fused-ring (bicyclic) bond motifs is 1. The molecule has 3 aromatic heterocycles. The van der Waals surface area contributed by atoms with Crippen LogP contribution in [0.25, 0.3) is 5.65 Å². The highest BCUT2D eigenvalue weighted by Crippen LogP contribution is 2.10. The van der Waals surface area contributed by atoms with Crippen molar-refractivity contribution in [2.24, 2.45) is 7.05 Å². The molecule has 0 radical (unpaired) electrons. The first kappa shape index (κ1) is 13.7. The minimum absolute atomic E-state index is 0.236. The number of carbonyl (C=O) groups is 1. The molecule has 1 amide bonds. The number of carbonyl (C=O) groups excluding carboxylic acids is 1. The third-order valence-corrected chi connectivity index (χ3v) is 3.48. The molecule has 0 aromatic carbocycles. The summed E-state index contributed by atoms with van der Waals surface area (Å²) in [5, 5.41) is 11.3. The second-order valence-corrected chi connectivity index (χ2v) is 5.62. The van der Waals surface area contributed by atoms with Crippen LogP contribution in [0.3, 0.4) is 0 Å². The van der Waals surface area contributed by atoms with Crippen molar-refractivity contribution >= 4 is 27.5 Å². The first-order valence-electron chi connectivity index (χ1n) is 6.31. The first-order valence-corrected chi connectivity index (χ1v) is 7.10. The zero-order valence-electron chi connectivity index (χ0n) is 11.5. The Balaban J connectivity index is 1.76. The molecule has 0 aliphatic heterocycles. The van der Waals surface area contributed by atoms with Gasteiger partial charge in [-0.2, -0.15) is 10.2 Å². The molecule has 0 aliphatic rings. The summed E-state index contributed by atoms with van der Waals surface area (Å²) in [7, 11) is 1.85. The van der Waals surface area contributed by atoms with Crippen molar-refractivity contribution in [2.45, 2.75) is 13.5 Å². The standard InChI is InChI=1S/C13H13BrN6O/c1-8-9(6-19(2)17-8)4-16-13(21)11-3-12-15-5-10(14)7-20(12)18-11/h3,5-7H,4H2,1-2H3,(H,16,21). The molecule has 7 nitrogen and oxygen atoms in total. The summed E-state index contributed by atoms with van der Waals surface area (Å²) in [5.74, 6) is -0.236. The number of nitrogens with zero attached hydrogens (tertiary/aromatic N) is 5. The Kier molecular flexibility index (Phi) is 3.46. The number of halogens is 1. The van der Waals surface area contributed by atoms with E-state index in [9.17, 15) is 4.79 Å². The Bertz CT molecular complexity index is 821. The van der Waals surface area contributed by atoms with E-state index in [2.05, 4.69) is 36.4 Å². The van der Waals surface area contributed by atoms with Crippen LogP contribution in [0.2, 0.25) is 0 Å². The van der Waals surface area contributed by atoms with Crippen LogP contribution in [-0.2, 0) is 13.6 Å². The predicted octanol–water partition coefficient (Wildman–Crippen LogP) is 1.46. The van der Waals surface area contributed by atoms with E-state index in [1.807, 2.05) is 20.2 Å². The predicted molar refractivity (Wildman–Crippen MR) is 79.8 cm³/mol. The monoisotopic (exact) mass is 348 g/mol. The topological polar surface area (TPSA) is 77.1 Å². The molecule has 0 fully saturated rings. The number of aromatic nitrogens is 5. The van der Waals surface area contributed by atoms with E-state index in [0.29, 0.717) is 17.9 Å². The molecule has 3 aromatic rings. The van der Waals surface area contributed by atoms with Crippen LogP contribution in [0.1, 0.15) is 21.7 Å². The average Bonchev–Trinajstić information content (AvgIpc) is 2.98. The van der Waals surface area contributed by atoms with E-state index in [4.69, 9.17) is 0 Å². The zero-order chi connectivity index (χ0) is 15.0. The van der Waals surface area contributed by atoms with E-state index in [1.54, 1.807) is 27.7 Å². The Morgan fingerprint density at radius 1 is 1.38 bits per heavy atom. The van der Waals surface area contributed by atoms with Gasteiger partial charge in [0.25, 0.3) is 5.91 Å². The number of amides is 1. The molecule has 0 unspecified atom stereocenters. The fourth-order valence-electron chi connectivity index (χ4n) is 2.05. The second kappa shape index (κ2) is 5.28. The van der Waals surface area contributed by atoms with Gasteiger partial charge in [-0.25, -0.2) is 9.50 Å². The van der Waals surface area contributed by atoms with Crippen LogP contribution in [0.5, 0.6) is 0 Å². The summed E-state index contributed by atoms with van der Waals surface area (Å²) < 4.78 is 4.09. The lowest BCUT2D eigenvalue weighted by atomic mass is 10.2. The second-order valence-electron chi connectivity index (χ2n) is 4.70. The van der Waals surface area contributed by atoms with E-state index in [0.717, 1.165) is 15.7 Å². The molecule has 3 heterocycles. The van der Waals surface area contributed by atoms with Crippen molar-refractivity contribution in [3.63, 3.8) is 0 Å². The molecule has 21 heavy (non-hydrogen) atoms. The van der Waals surface area contributed by atoms with Crippen molar-refractivity contribution in [3.8, 4) is 0 Å². The summed E-state index contributed by atoms with van der Waals surface area (Å²) in [6, 6.07) is 1.65. The molecule has 3 rings (SSSR count). The molecular weight excluding hydrogens is 336 g/mol. The van der Waals surface area contributed by atoms with Gasteiger partial charge in [0, 0.05) is 43.8 Å². The number of rotatable bonds is 3. The van der Waals surface area contributed by atoms with Crippen LogP contribution in [0, 0.1) is 6.92 Å². The summed E-state index contributed by atoms with van der Waals surface area (Å²) in [6.45, 7) is 2.33. The molecule has 108 valence electrons. The van der Waals surface area contributed by atoms with Gasteiger partial charge in [0.1, 0.15) is 0 Å². The van der Waals surface area contributed by atoms with E-state index in [-0.39, 0.29) is 5.91 Å². The first-order chi connectivity index (χ1) is 10.0. The quantitative estimate of drug-likeness (QED) is 0.777. The highest BCUT2D eigenvalue weighted by Gasteiger charge is 2.12. The van der Waals surface area contributed by atoms with Crippen LogP contribution in [0.15, 0.2) is 29.1 Å². The number of nitrogens with one attached hydrogen (secondary N) is 1. The molecule has 0 bridgehead atoms. The highest BCUT2D eigenvalue weighted by atomic mass is 79.9. The number of hydrogen-bond acceptors (Lipinski definition) is 4. The molecule has 0 spiro atoms. The average molecular weight is 349 g/mol. The van der Waals surface area contributed by atoms with Gasteiger partial charge in [-0.1, -0.05) is 0 Å². The molecule has 8 heteroatoms. The van der Waals surface area contributed by atoms with Gasteiger partial charge in [0.15, 0.2) is 11.3 Å². The Hall–Kier alpha value is -2.22. The van der Waals surface area contributed by atoms with Crippen molar-refractivity contribution in [1.29, 1.82) is 0 Å². The van der Waals surface area contributed by atoms with Gasteiger partial charge in [-0.3, -0.25) is 9.48 Å². The molecule has 0 saturated heterocycles. The normalized spacial score (nSPS) is 11.0. The van der Waals surface area contributed by atoms with Gasteiger partial charge >= 0.3 is 0 Å².